The number of rotatable bonds is 9. The highest BCUT2D eigenvalue weighted by Gasteiger charge is 2.48. The standard InChI is InChI=1S/C27H29BrN3O9P/c1-37-26(34)20-9-5-13-31(20)41(36,40-22-10-4-7-17-6-2-3-8-19(17)22)38-16-23-21(32)14-24(39-23)30-15-18(11-12-28)25(33)29-27(30)35/h2-4,6-8,10-12,15,20-21,23-24,32H,5,9,13-14,16H2,1H3,(H,29,33,35)/b12-11+/t20-,21?,23?,24?,41?/m0/s1. The van der Waals surface area contributed by atoms with Crippen LogP contribution in [0.2, 0.25) is 0 Å². The maximum absolute atomic E-state index is 14.5. The Bertz CT molecular complexity index is 1620. The minimum atomic E-state index is -4.21. The van der Waals surface area contributed by atoms with Gasteiger partial charge in [0.15, 0.2) is 0 Å². The predicted molar refractivity (Wildman–Crippen MR) is 154 cm³/mol. The largest absolute Gasteiger partial charge is 0.468 e. The molecule has 2 aliphatic rings. The van der Waals surface area contributed by atoms with Gasteiger partial charge in [0.25, 0.3) is 5.56 Å². The number of esters is 1. The molecule has 2 aliphatic heterocycles. The van der Waals surface area contributed by atoms with E-state index in [1.54, 1.807) is 12.1 Å². The Morgan fingerprint density at radius 2 is 2.02 bits per heavy atom. The zero-order valence-corrected chi connectivity index (χ0v) is 24.5. The lowest BCUT2D eigenvalue weighted by Crippen LogP contribution is -2.37. The molecule has 218 valence electrons. The van der Waals surface area contributed by atoms with Crippen molar-refractivity contribution < 1.29 is 33.0 Å². The number of H-pyrrole nitrogens is 1. The van der Waals surface area contributed by atoms with E-state index in [1.165, 1.54) is 33.6 Å². The lowest BCUT2D eigenvalue weighted by molar-refractivity contribution is -0.144. The van der Waals surface area contributed by atoms with Crippen molar-refractivity contribution in [1.82, 2.24) is 14.2 Å². The first-order chi connectivity index (χ1) is 19.7. The number of benzene rings is 2. The second kappa shape index (κ2) is 12.4. The summed E-state index contributed by atoms with van der Waals surface area (Å²) in [6, 6.07) is 11.9. The van der Waals surface area contributed by atoms with Crippen molar-refractivity contribution in [3.8, 4) is 5.75 Å². The van der Waals surface area contributed by atoms with Crippen molar-refractivity contribution in [3.05, 3.63) is 80.0 Å². The van der Waals surface area contributed by atoms with Gasteiger partial charge in [-0.05, 0) is 35.4 Å². The van der Waals surface area contributed by atoms with E-state index >= 15 is 0 Å². The molecule has 0 amide bonds. The molecule has 2 N–H and O–H groups in total. The number of ether oxygens (including phenoxy) is 2. The molecule has 2 fully saturated rings. The fourth-order valence-electron chi connectivity index (χ4n) is 5.08. The van der Waals surface area contributed by atoms with Gasteiger partial charge < -0.3 is 19.1 Å². The maximum atomic E-state index is 14.5. The van der Waals surface area contributed by atoms with Gasteiger partial charge in [0.1, 0.15) is 24.1 Å². The van der Waals surface area contributed by atoms with Crippen molar-refractivity contribution >= 4 is 46.5 Å². The van der Waals surface area contributed by atoms with Crippen LogP contribution in [0.1, 0.15) is 31.1 Å². The average Bonchev–Trinajstić information content (AvgIpc) is 3.61. The number of aliphatic hydroxyl groups is 1. The van der Waals surface area contributed by atoms with Crippen molar-refractivity contribution in [2.24, 2.45) is 0 Å². The number of methoxy groups -OCH3 is 1. The highest BCUT2D eigenvalue weighted by Crippen LogP contribution is 2.56. The van der Waals surface area contributed by atoms with Crippen LogP contribution in [0.25, 0.3) is 16.8 Å². The second-order valence-corrected chi connectivity index (χ2v) is 12.1. The van der Waals surface area contributed by atoms with Crippen LogP contribution in [0.3, 0.4) is 0 Å². The molecule has 41 heavy (non-hydrogen) atoms. The third-order valence-electron chi connectivity index (χ3n) is 7.13. The number of carbonyl (C=O) groups is 1. The van der Waals surface area contributed by atoms with E-state index in [4.69, 9.17) is 18.5 Å². The first kappa shape index (κ1) is 29.4. The van der Waals surface area contributed by atoms with Gasteiger partial charge >= 0.3 is 19.4 Å². The van der Waals surface area contributed by atoms with E-state index in [0.717, 1.165) is 5.39 Å². The van der Waals surface area contributed by atoms with Crippen LogP contribution in [0.5, 0.6) is 5.75 Å². The quantitative estimate of drug-likeness (QED) is 0.260. The summed E-state index contributed by atoms with van der Waals surface area (Å²) in [6.45, 7) is -0.106. The van der Waals surface area contributed by atoms with E-state index in [-0.39, 0.29) is 25.1 Å². The summed E-state index contributed by atoms with van der Waals surface area (Å²) in [6.07, 6.45) is 0.793. The second-order valence-electron chi connectivity index (χ2n) is 9.65. The minimum absolute atomic E-state index is 0.0143. The van der Waals surface area contributed by atoms with Gasteiger partial charge in [-0.1, -0.05) is 52.3 Å². The Morgan fingerprint density at radius 1 is 1.24 bits per heavy atom. The highest BCUT2D eigenvalue weighted by molar-refractivity contribution is 9.11. The SMILES string of the molecule is COC(=O)[C@@H]1CCCN1P(=O)(OCC1OC(n2cc(/C=C/Br)c(=O)[nH]c2=O)CC1O)Oc1cccc2ccccc12. The summed E-state index contributed by atoms with van der Waals surface area (Å²) in [5.41, 5.74) is -1.07. The van der Waals surface area contributed by atoms with Gasteiger partial charge in [-0.25, -0.2) is 9.36 Å². The molecule has 2 aromatic carbocycles. The van der Waals surface area contributed by atoms with Gasteiger partial charge in [-0.15, -0.1) is 0 Å². The molecule has 1 aromatic heterocycles. The Kier molecular flexibility index (Phi) is 8.93. The van der Waals surface area contributed by atoms with Crippen LogP contribution >= 0.6 is 23.7 Å². The number of carbonyl (C=O) groups excluding carboxylic acids is 1. The van der Waals surface area contributed by atoms with E-state index < -0.39 is 49.4 Å². The van der Waals surface area contributed by atoms with Crippen LogP contribution in [0.15, 0.2) is 63.2 Å². The first-order valence-electron chi connectivity index (χ1n) is 13.0. The molecule has 5 atom stereocenters. The molecule has 0 aliphatic carbocycles. The van der Waals surface area contributed by atoms with E-state index in [9.17, 15) is 24.1 Å². The number of aromatic amines is 1. The predicted octanol–water partition coefficient (Wildman–Crippen LogP) is 3.54. The lowest BCUT2D eigenvalue weighted by Gasteiger charge is -2.31. The van der Waals surface area contributed by atoms with Gasteiger partial charge in [-0.2, -0.15) is 4.67 Å². The molecule has 5 rings (SSSR count). The van der Waals surface area contributed by atoms with Crippen molar-refractivity contribution in [2.75, 3.05) is 20.3 Å². The van der Waals surface area contributed by atoms with Gasteiger partial charge in [0.05, 0.1) is 25.4 Å². The van der Waals surface area contributed by atoms with Crippen molar-refractivity contribution in [2.45, 2.75) is 43.7 Å². The summed E-state index contributed by atoms with van der Waals surface area (Å²) in [5.74, 6) is -0.254. The Balaban J connectivity index is 1.41. The Hall–Kier alpha value is -3.06. The van der Waals surface area contributed by atoms with Crippen molar-refractivity contribution in [3.63, 3.8) is 0 Å². The summed E-state index contributed by atoms with van der Waals surface area (Å²) < 4.78 is 40.0. The normalized spacial score (nSPS) is 24.6. The highest BCUT2D eigenvalue weighted by atomic mass is 79.9. The maximum Gasteiger partial charge on any atom is 0.462 e. The zero-order chi connectivity index (χ0) is 29.1. The average molecular weight is 650 g/mol. The summed E-state index contributed by atoms with van der Waals surface area (Å²) in [7, 11) is -2.95. The fraction of sp³-hybridized carbons (Fsp3) is 0.370. The molecule has 4 unspecified atom stereocenters. The molecular weight excluding hydrogens is 621 g/mol. The smallest absolute Gasteiger partial charge is 0.462 e. The molecule has 0 radical (unpaired) electrons. The molecule has 3 heterocycles. The Morgan fingerprint density at radius 3 is 2.80 bits per heavy atom. The molecule has 2 saturated heterocycles. The molecule has 3 aromatic rings. The fourth-order valence-corrected chi connectivity index (χ4v) is 7.35. The van der Waals surface area contributed by atoms with Gasteiger partial charge in [0.2, 0.25) is 0 Å². The monoisotopic (exact) mass is 649 g/mol. The number of hydrogen-bond donors (Lipinski definition) is 2. The molecule has 0 saturated carbocycles. The summed E-state index contributed by atoms with van der Waals surface area (Å²) >= 11 is 3.11. The third-order valence-corrected chi connectivity index (χ3v) is 9.41. The summed E-state index contributed by atoms with van der Waals surface area (Å²) in [4.78, 5) is 40.8. The van der Waals surface area contributed by atoms with E-state index in [0.29, 0.717) is 24.0 Å². The van der Waals surface area contributed by atoms with E-state index in [2.05, 4.69) is 20.9 Å². The zero-order valence-electron chi connectivity index (χ0n) is 22.1. The number of nitrogens with one attached hydrogen (secondary N) is 1. The third kappa shape index (κ3) is 6.11. The number of fused-ring (bicyclic) bond motifs is 1. The minimum Gasteiger partial charge on any atom is -0.468 e. The van der Waals surface area contributed by atoms with Gasteiger partial charge in [0, 0.05) is 24.5 Å². The van der Waals surface area contributed by atoms with Crippen LogP contribution < -0.4 is 15.8 Å². The van der Waals surface area contributed by atoms with Crippen LogP contribution in [-0.4, -0.2) is 63.8 Å². The van der Waals surface area contributed by atoms with Crippen LogP contribution in [-0.2, 0) is 23.4 Å². The van der Waals surface area contributed by atoms with Crippen LogP contribution in [0.4, 0.5) is 0 Å². The molecule has 14 heteroatoms. The number of aliphatic hydroxyl groups excluding tert-OH is 1. The number of aromatic nitrogens is 2. The molecule has 0 spiro atoms. The van der Waals surface area contributed by atoms with Crippen molar-refractivity contribution in [1.29, 1.82) is 0 Å². The number of nitrogens with zero attached hydrogens (tertiary/aromatic N) is 2. The number of halogens is 1. The van der Waals surface area contributed by atoms with Gasteiger partial charge in [-0.3, -0.25) is 23.7 Å². The first-order valence-corrected chi connectivity index (χ1v) is 15.4. The topological polar surface area (TPSA) is 149 Å². The molecule has 0 bridgehead atoms. The van der Waals surface area contributed by atoms with E-state index in [1.807, 2.05) is 30.3 Å². The summed E-state index contributed by atoms with van der Waals surface area (Å²) in [5, 5.41) is 12.3. The lowest BCUT2D eigenvalue weighted by atomic mass is 10.1. The molecular formula is C27H29BrN3O9P. The number of hydrogen-bond acceptors (Lipinski definition) is 9. The Labute approximate surface area is 243 Å². The van der Waals surface area contributed by atoms with Crippen LogP contribution in [0, 0.1) is 0 Å². The molecule has 12 nitrogen and oxygen atoms in total.